The van der Waals surface area contributed by atoms with Crippen molar-refractivity contribution in [2.24, 2.45) is 0 Å². The first-order valence-corrected chi connectivity index (χ1v) is 6.39. The largest absolute Gasteiger partial charge is 0.478 e. The van der Waals surface area contributed by atoms with Crippen LogP contribution in [0.25, 0.3) is 0 Å². The summed E-state index contributed by atoms with van der Waals surface area (Å²) in [7, 11) is 0. The van der Waals surface area contributed by atoms with E-state index in [0.29, 0.717) is 5.69 Å². The minimum absolute atomic E-state index is 0.205. The highest BCUT2D eigenvalue weighted by atomic mass is 16.4. The number of rotatable bonds is 5. The van der Waals surface area contributed by atoms with E-state index in [4.69, 9.17) is 5.11 Å². The van der Waals surface area contributed by atoms with Crippen molar-refractivity contribution in [2.75, 3.05) is 11.9 Å². The molecule has 2 aromatic carbocycles. The van der Waals surface area contributed by atoms with Crippen LogP contribution in [0.2, 0.25) is 0 Å². The lowest BCUT2D eigenvalue weighted by molar-refractivity contribution is 0.0697. The molecule has 0 saturated heterocycles. The zero-order valence-electron chi connectivity index (χ0n) is 11.2. The summed E-state index contributed by atoms with van der Waals surface area (Å²) in [5.74, 6) is -0.985. The molecule has 2 rings (SSSR count). The summed E-state index contributed by atoms with van der Waals surface area (Å²) < 4.78 is 0. The molecule has 1 atom stereocenters. The minimum Gasteiger partial charge on any atom is -0.478 e. The molecule has 0 bridgehead atoms. The fourth-order valence-corrected chi connectivity index (χ4v) is 1.99. The number of benzene rings is 2. The molecular weight excluding hydrogens is 254 g/mol. The van der Waals surface area contributed by atoms with Crippen LogP contribution in [0.5, 0.6) is 0 Å². The smallest absolute Gasteiger partial charge is 0.337 e. The summed E-state index contributed by atoms with van der Waals surface area (Å²) in [6.07, 6.45) is -0.682. The van der Waals surface area contributed by atoms with Crippen molar-refractivity contribution in [3.8, 4) is 0 Å². The fraction of sp³-hybridized carbons (Fsp3) is 0.188. The van der Waals surface area contributed by atoms with Gasteiger partial charge in [0.05, 0.1) is 11.7 Å². The van der Waals surface area contributed by atoms with Gasteiger partial charge in [-0.3, -0.25) is 0 Å². The van der Waals surface area contributed by atoms with Gasteiger partial charge in [-0.05, 0) is 30.2 Å². The van der Waals surface area contributed by atoms with Crippen LogP contribution >= 0.6 is 0 Å². The van der Waals surface area contributed by atoms with E-state index < -0.39 is 12.1 Å². The molecule has 0 aliphatic heterocycles. The number of hydrogen-bond acceptors (Lipinski definition) is 3. The molecular formula is C16H17NO3. The Kier molecular flexibility index (Phi) is 4.38. The number of carboxylic acid groups (broad SMARTS) is 1. The van der Waals surface area contributed by atoms with Gasteiger partial charge in [-0.15, -0.1) is 0 Å². The average molecular weight is 271 g/mol. The predicted octanol–water partition coefficient (Wildman–Crippen LogP) is 2.84. The van der Waals surface area contributed by atoms with E-state index in [-0.39, 0.29) is 12.1 Å². The molecule has 0 spiro atoms. The molecule has 0 aliphatic rings. The van der Waals surface area contributed by atoms with Crippen LogP contribution in [-0.4, -0.2) is 22.7 Å². The van der Waals surface area contributed by atoms with Gasteiger partial charge >= 0.3 is 5.97 Å². The third-order valence-corrected chi connectivity index (χ3v) is 3.08. The molecule has 4 nitrogen and oxygen atoms in total. The molecule has 0 aliphatic carbocycles. The molecule has 2 aromatic rings. The van der Waals surface area contributed by atoms with Crippen molar-refractivity contribution in [1.29, 1.82) is 0 Å². The summed E-state index contributed by atoms with van der Waals surface area (Å²) in [6, 6.07) is 14.3. The highest BCUT2D eigenvalue weighted by Gasteiger charge is 2.12. The van der Waals surface area contributed by atoms with Gasteiger partial charge < -0.3 is 15.5 Å². The minimum atomic E-state index is -0.985. The quantitative estimate of drug-likeness (QED) is 0.782. The van der Waals surface area contributed by atoms with Crippen molar-refractivity contribution < 1.29 is 15.0 Å². The Morgan fingerprint density at radius 2 is 1.90 bits per heavy atom. The lowest BCUT2D eigenvalue weighted by Gasteiger charge is -2.15. The normalized spacial score (nSPS) is 11.9. The predicted molar refractivity (Wildman–Crippen MR) is 78.0 cm³/mol. The van der Waals surface area contributed by atoms with E-state index in [1.165, 1.54) is 0 Å². The van der Waals surface area contributed by atoms with Crippen LogP contribution in [0.4, 0.5) is 5.69 Å². The van der Waals surface area contributed by atoms with Crippen LogP contribution in [-0.2, 0) is 0 Å². The molecule has 1 unspecified atom stereocenters. The number of aliphatic hydroxyl groups excluding tert-OH is 1. The molecule has 0 saturated carbocycles. The molecule has 0 radical (unpaired) electrons. The van der Waals surface area contributed by atoms with Crippen molar-refractivity contribution in [2.45, 2.75) is 13.0 Å². The Bertz CT molecular complexity index is 596. The van der Waals surface area contributed by atoms with Crippen LogP contribution in [0, 0.1) is 6.92 Å². The average Bonchev–Trinajstić information content (AvgIpc) is 2.45. The van der Waals surface area contributed by atoms with E-state index in [2.05, 4.69) is 5.32 Å². The second-order valence-electron chi connectivity index (χ2n) is 4.66. The highest BCUT2D eigenvalue weighted by Crippen LogP contribution is 2.19. The zero-order valence-corrected chi connectivity index (χ0v) is 11.2. The zero-order chi connectivity index (χ0) is 14.5. The summed E-state index contributed by atoms with van der Waals surface area (Å²) in [5.41, 5.74) is 2.49. The standard InChI is InChI=1S/C16H17NO3/c1-11-7-8-13(16(19)20)14(9-11)17-10-15(18)12-5-3-2-4-6-12/h2-9,15,17-18H,10H2,1H3,(H,19,20). The monoisotopic (exact) mass is 271 g/mol. The highest BCUT2D eigenvalue weighted by molar-refractivity contribution is 5.94. The Balaban J connectivity index is 2.11. The maximum absolute atomic E-state index is 11.1. The van der Waals surface area contributed by atoms with E-state index in [9.17, 15) is 9.90 Å². The molecule has 0 amide bonds. The lowest BCUT2D eigenvalue weighted by Crippen LogP contribution is -2.14. The summed E-state index contributed by atoms with van der Waals surface area (Å²) in [4.78, 5) is 11.1. The van der Waals surface area contributed by atoms with Crippen LogP contribution in [0.1, 0.15) is 27.6 Å². The third-order valence-electron chi connectivity index (χ3n) is 3.08. The number of carbonyl (C=O) groups is 1. The van der Waals surface area contributed by atoms with E-state index in [1.807, 2.05) is 37.3 Å². The van der Waals surface area contributed by atoms with Crippen LogP contribution in [0.3, 0.4) is 0 Å². The number of nitrogens with one attached hydrogen (secondary N) is 1. The van der Waals surface area contributed by atoms with Gasteiger partial charge in [0.1, 0.15) is 0 Å². The van der Waals surface area contributed by atoms with E-state index in [0.717, 1.165) is 11.1 Å². The Hall–Kier alpha value is -2.33. The molecule has 20 heavy (non-hydrogen) atoms. The Morgan fingerprint density at radius 3 is 2.55 bits per heavy atom. The van der Waals surface area contributed by atoms with Gasteiger partial charge in [-0.25, -0.2) is 4.79 Å². The summed E-state index contributed by atoms with van der Waals surface area (Å²) in [5, 5.41) is 22.2. The van der Waals surface area contributed by atoms with Crippen molar-refractivity contribution in [1.82, 2.24) is 0 Å². The molecule has 0 aromatic heterocycles. The number of aryl methyl sites for hydroxylation is 1. The van der Waals surface area contributed by atoms with Crippen molar-refractivity contribution in [3.63, 3.8) is 0 Å². The summed E-state index contributed by atoms with van der Waals surface area (Å²) >= 11 is 0. The second-order valence-corrected chi connectivity index (χ2v) is 4.66. The Labute approximate surface area is 117 Å². The van der Waals surface area contributed by atoms with Gasteiger partial charge in [-0.2, -0.15) is 0 Å². The van der Waals surface area contributed by atoms with Gasteiger partial charge in [0.25, 0.3) is 0 Å². The molecule has 0 fully saturated rings. The lowest BCUT2D eigenvalue weighted by atomic mass is 10.1. The number of carboxylic acids is 1. The number of aliphatic hydroxyl groups is 1. The van der Waals surface area contributed by atoms with Crippen molar-refractivity contribution in [3.05, 3.63) is 65.2 Å². The van der Waals surface area contributed by atoms with E-state index >= 15 is 0 Å². The maximum atomic E-state index is 11.1. The first-order valence-electron chi connectivity index (χ1n) is 6.39. The van der Waals surface area contributed by atoms with Gasteiger partial charge in [0.2, 0.25) is 0 Å². The third kappa shape index (κ3) is 3.36. The molecule has 3 N–H and O–H groups in total. The van der Waals surface area contributed by atoms with Crippen LogP contribution in [0.15, 0.2) is 48.5 Å². The fourth-order valence-electron chi connectivity index (χ4n) is 1.99. The van der Waals surface area contributed by atoms with Gasteiger partial charge in [0, 0.05) is 12.2 Å². The maximum Gasteiger partial charge on any atom is 0.337 e. The van der Waals surface area contributed by atoms with E-state index in [1.54, 1.807) is 18.2 Å². The molecule has 4 heteroatoms. The molecule has 104 valence electrons. The first-order chi connectivity index (χ1) is 9.58. The SMILES string of the molecule is Cc1ccc(C(=O)O)c(NCC(O)c2ccccc2)c1. The van der Waals surface area contributed by atoms with Crippen molar-refractivity contribution >= 4 is 11.7 Å². The first kappa shape index (κ1) is 14.1. The topological polar surface area (TPSA) is 69.6 Å². The Morgan fingerprint density at radius 1 is 1.20 bits per heavy atom. The number of aromatic carboxylic acids is 1. The number of anilines is 1. The summed E-state index contributed by atoms with van der Waals surface area (Å²) in [6.45, 7) is 2.15. The second kappa shape index (κ2) is 6.21. The number of hydrogen-bond donors (Lipinski definition) is 3. The van der Waals surface area contributed by atoms with Crippen LogP contribution < -0.4 is 5.32 Å². The van der Waals surface area contributed by atoms with Gasteiger partial charge in [-0.1, -0.05) is 36.4 Å². The van der Waals surface area contributed by atoms with Gasteiger partial charge in [0.15, 0.2) is 0 Å². The molecule has 0 heterocycles.